The van der Waals surface area contributed by atoms with Gasteiger partial charge in [0.2, 0.25) is 0 Å². The van der Waals surface area contributed by atoms with Gasteiger partial charge in [0, 0.05) is 16.5 Å². The molecule has 1 aromatic heterocycles. The molecular formula is C45H42O. The van der Waals surface area contributed by atoms with E-state index in [0.29, 0.717) is 0 Å². The van der Waals surface area contributed by atoms with E-state index in [0.717, 1.165) is 27.9 Å². The Morgan fingerprint density at radius 1 is 0.543 bits per heavy atom. The molecule has 46 heavy (non-hydrogen) atoms. The van der Waals surface area contributed by atoms with Crippen LogP contribution in [0.15, 0.2) is 120 Å². The number of hydrogen-bond donors (Lipinski definition) is 0. The fourth-order valence-electron chi connectivity index (χ4n) is 6.89. The van der Waals surface area contributed by atoms with Crippen molar-refractivity contribution >= 4 is 38.6 Å². The van der Waals surface area contributed by atoms with Crippen molar-refractivity contribution in [2.75, 3.05) is 0 Å². The lowest BCUT2D eigenvalue weighted by atomic mass is 9.79. The first-order valence-corrected chi connectivity index (χ1v) is 16.3. The summed E-state index contributed by atoms with van der Waals surface area (Å²) in [6.07, 6.45) is 1.94. The van der Waals surface area contributed by atoms with E-state index in [-0.39, 0.29) is 10.8 Å². The molecule has 0 aliphatic heterocycles. The van der Waals surface area contributed by atoms with Crippen LogP contribution in [-0.4, -0.2) is 0 Å². The Kier molecular flexibility index (Phi) is 7.05. The quantitative estimate of drug-likeness (QED) is 0.184. The summed E-state index contributed by atoms with van der Waals surface area (Å²) in [4.78, 5) is 0. The first-order chi connectivity index (χ1) is 22.0. The summed E-state index contributed by atoms with van der Waals surface area (Å²) in [6, 6.07) is 40.2. The molecule has 1 heteroatoms. The molecule has 7 aromatic rings. The van der Waals surface area contributed by atoms with Gasteiger partial charge < -0.3 is 4.42 Å². The summed E-state index contributed by atoms with van der Waals surface area (Å²) in [7, 11) is 0. The van der Waals surface area contributed by atoms with Gasteiger partial charge in [0.1, 0.15) is 11.3 Å². The van der Waals surface area contributed by atoms with Gasteiger partial charge in [0.05, 0.1) is 0 Å². The number of fused-ring (bicyclic) bond motifs is 3. The molecule has 7 rings (SSSR count). The number of benzene rings is 6. The molecular weight excluding hydrogens is 556 g/mol. The van der Waals surface area contributed by atoms with Crippen LogP contribution in [0.2, 0.25) is 0 Å². The number of rotatable bonds is 4. The van der Waals surface area contributed by atoms with Crippen molar-refractivity contribution in [3.63, 3.8) is 0 Å². The molecule has 6 aromatic carbocycles. The SMILES string of the molecule is C=Cc1c(-c2ccccc2C)oc2ccc(-c3c4ccc(C(C)(C)C)cc4c(-c4ccccc4)c4ccc(C(C)(C)C)cc34)cc12. The van der Waals surface area contributed by atoms with Crippen LogP contribution >= 0.6 is 0 Å². The van der Waals surface area contributed by atoms with Crippen LogP contribution in [0.5, 0.6) is 0 Å². The van der Waals surface area contributed by atoms with Gasteiger partial charge in [-0.15, -0.1) is 0 Å². The largest absolute Gasteiger partial charge is 0.455 e. The molecule has 0 aliphatic rings. The van der Waals surface area contributed by atoms with Crippen molar-refractivity contribution in [2.24, 2.45) is 0 Å². The zero-order chi connectivity index (χ0) is 32.4. The Morgan fingerprint density at radius 2 is 1.11 bits per heavy atom. The Bertz CT molecular complexity index is 2280. The maximum absolute atomic E-state index is 6.55. The lowest BCUT2D eigenvalue weighted by Crippen LogP contribution is -2.11. The minimum absolute atomic E-state index is 0.0103. The second-order valence-corrected chi connectivity index (χ2v) is 14.7. The van der Waals surface area contributed by atoms with Gasteiger partial charge in [0.25, 0.3) is 0 Å². The first kappa shape index (κ1) is 29.8. The van der Waals surface area contributed by atoms with E-state index in [1.165, 1.54) is 60.5 Å². The Labute approximate surface area is 273 Å². The van der Waals surface area contributed by atoms with Crippen LogP contribution < -0.4 is 0 Å². The van der Waals surface area contributed by atoms with E-state index >= 15 is 0 Å². The van der Waals surface area contributed by atoms with Crippen LogP contribution in [0, 0.1) is 6.92 Å². The predicted octanol–water partition coefficient (Wildman–Crippen LogP) is 13.3. The summed E-state index contributed by atoms with van der Waals surface area (Å²) >= 11 is 0. The van der Waals surface area contributed by atoms with Crippen molar-refractivity contribution in [1.82, 2.24) is 0 Å². The highest BCUT2D eigenvalue weighted by molar-refractivity contribution is 6.22. The molecule has 0 aliphatic carbocycles. The third-order valence-corrected chi connectivity index (χ3v) is 9.52. The summed E-state index contributed by atoms with van der Waals surface area (Å²) in [5.41, 5.74) is 11.8. The molecule has 0 saturated heterocycles. The second kappa shape index (κ2) is 10.9. The van der Waals surface area contributed by atoms with E-state index in [9.17, 15) is 0 Å². The molecule has 0 fully saturated rings. The van der Waals surface area contributed by atoms with Crippen LogP contribution in [0.1, 0.15) is 63.8 Å². The van der Waals surface area contributed by atoms with Crippen LogP contribution in [-0.2, 0) is 10.8 Å². The molecule has 228 valence electrons. The maximum atomic E-state index is 6.55. The molecule has 0 radical (unpaired) electrons. The van der Waals surface area contributed by atoms with Crippen molar-refractivity contribution < 1.29 is 4.42 Å². The van der Waals surface area contributed by atoms with E-state index in [1.807, 2.05) is 6.08 Å². The molecule has 0 bridgehead atoms. The van der Waals surface area contributed by atoms with Gasteiger partial charge in [-0.25, -0.2) is 0 Å². The molecule has 0 N–H and O–H groups in total. The highest BCUT2D eigenvalue weighted by Gasteiger charge is 2.23. The van der Waals surface area contributed by atoms with Gasteiger partial charge in [-0.2, -0.15) is 0 Å². The van der Waals surface area contributed by atoms with Gasteiger partial charge >= 0.3 is 0 Å². The number of furan rings is 1. The summed E-state index contributed by atoms with van der Waals surface area (Å²) < 4.78 is 6.55. The van der Waals surface area contributed by atoms with Crippen molar-refractivity contribution in [3.05, 3.63) is 138 Å². The number of aryl methyl sites for hydroxylation is 1. The monoisotopic (exact) mass is 598 g/mol. The van der Waals surface area contributed by atoms with Crippen molar-refractivity contribution in [1.29, 1.82) is 0 Å². The van der Waals surface area contributed by atoms with Crippen LogP contribution in [0.3, 0.4) is 0 Å². The maximum Gasteiger partial charge on any atom is 0.142 e. The van der Waals surface area contributed by atoms with E-state index in [4.69, 9.17) is 4.42 Å². The topological polar surface area (TPSA) is 13.1 Å². The minimum atomic E-state index is 0.0103. The third-order valence-electron chi connectivity index (χ3n) is 9.52. The predicted molar refractivity (Wildman–Crippen MR) is 200 cm³/mol. The zero-order valence-corrected chi connectivity index (χ0v) is 28.1. The van der Waals surface area contributed by atoms with E-state index in [1.54, 1.807) is 0 Å². The molecule has 0 atom stereocenters. The van der Waals surface area contributed by atoms with Crippen LogP contribution in [0.25, 0.3) is 72.2 Å². The third kappa shape index (κ3) is 4.95. The zero-order valence-electron chi connectivity index (χ0n) is 28.1. The minimum Gasteiger partial charge on any atom is -0.455 e. The standard InChI is InChI=1S/C45H42O/c1-9-33-37-25-30(19-24-40(37)46-43(33)34-18-14-13-15-28(34)2)42-36-23-21-31(44(3,4)5)26-38(36)41(29-16-11-10-12-17-29)35-22-20-32(27-39(35)42)45(6,7)8/h9-27H,1H2,2-8H3. The van der Waals surface area contributed by atoms with Crippen LogP contribution in [0.4, 0.5) is 0 Å². The second-order valence-electron chi connectivity index (χ2n) is 14.7. The van der Waals surface area contributed by atoms with E-state index in [2.05, 4.69) is 164 Å². The first-order valence-electron chi connectivity index (χ1n) is 16.3. The summed E-state index contributed by atoms with van der Waals surface area (Å²) in [6.45, 7) is 20.1. The van der Waals surface area contributed by atoms with Gasteiger partial charge in [-0.05, 0) is 103 Å². The van der Waals surface area contributed by atoms with Gasteiger partial charge in [-0.3, -0.25) is 0 Å². The lowest BCUT2D eigenvalue weighted by Gasteiger charge is -2.25. The Balaban J connectivity index is 1.62. The fourth-order valence-corrected chi connectivity index (χ4v) is 6.89. The highest BCUT2D eigenvalue weighted by atomic mass is 16.3. The van der Waals surface area contributed by atoms with Crippen molar-refractivity contribution in [2.45, 2.75) is 59.3 Å². The summed E-state index contributed by atoms with van der Waals surface area (Å²) in [5, 5.41) is 6.15. The molecule has 1 nitrogen and oxygen atoms in total. The highest BCUT2D eigenvalue weighted by Crippen LogP contribution is 2.47. The molecule has 1 heterocycles. The molecule has 0 saturated carbocycles. The van der Waals surface area contributed by atoms with Gasteiger partial charge in [-0.1, -0.05) is 139 Å². The lowest BCUT2D eigenvalue weighted by molar-refractivity contribution is 0.590. The summed E-state index contributed by atoms with van der Waals surface area (Å²) in [5.74, 6) is 0.874. The van der Waals surface area contributed by atoms with E-state index < -0.39 is 0 Å². The smallest absolute Gasteiger partial charge is 0.142 e. The molecule has 0 amide bonds. The van der Waals surface area contributed by atoms with Gasteiger partial charge in [0.15, 0.2) is 0 Å². The Hall–Kier alpha value is -4.88. The van der Waals surface area contributed by atoms with Crippen molar-refractivity contribution in [3.8, 4) is 33.6 Å². The molecule has 0 spiro atoms. The molecule has 0 unspecified atom stereocenters. The average Bonchev–Trinajstić information content (AvgIpc) is 3.40. The Morgan fingerprint density at radius 3 is 1.67 bits per heavy atom. The average molecular weight is 599 g/mol. The fraction of sp³-hybridized carbons (Fsp3) is 0.200. The normalized spacial score (nSPS) is 12.3. The number of hydrogen-bond acceptors (Lipinski definition) is 1.